The highest BCUT2D eigenvalue weighted by atomic mass is 35.5. The summed E-state index contributed by atoms with van der Waals surface area (Å²) in [6, 6.07) is 60.0. The van der Waals surface area contributed by atoms with Gasteiger partial charge in [0.25, 0.3) is 0 Å². The maximum atomic E-state index is 11.5. The van der Waals surface area contributed by atoms with Gasteiger partial charge in [0, 0.05) is 40.9 Å². The number of rotatable bonds is 13. The number of Topliss-reactive ketones (excluding diaryl/α,β-unsaturated/α-hetero) is 1. The van der Waals surface area contributed by atoms with Crippen molar-refractivity contribution >= 4 is 34.8 Å². The van der Waals surface area contributed by atoms with Crippen molar-refractivity contribution < 1.29 is 24.1 Å². The minimum atomic E-state index is 0. The zero-order valence-corrected chi connectivity index (χ0v) is 37.2. The van der Waals surface area contributed by atoms with Gasteiger partial charge in [-0.3, -0.25) is 10.6 Å². The molecular formula is C54H58ClN3O5. The lowest BCUT2D eigenvalue weighted by Gasteiger charge is -2.07. The highest BCUT2D eigenvalue weighted by Crippen LogP contribution is 2.31. The van der Waals surface area contributed by atoms with E-state index in [1.54, 1.807) is 6.92 Å². The van der Waals surface area contributed by atoms with Crippen LogP contribution in [0.1, 0.15) is 58.4 Å². The minimum absolute atomic E-state index is 0. The Morgan fingerprint density at radius 3 is 1.41 bits per heavy atom. The summed E-state index contributed by atoms with van der Waals surface area (Å²) >= 11 is 0. The molecule has 9 heteroatoms. The first-order chi connectivity index (χ1) is 30.3. The molecule has 63 heavy (non-hydrogen) atoms. The minimum Gasteiger partial charge on any atom is -0.489 e. The van der Waals surface area contributed by atoms with Crippen molar-refractivity contribution in [1.29, 1.82) is 0 Å². The number of carbonyl (C=O) groups is 1. The first kappa shape index (κ1) is 48.8. The van der Waals surface area contributed by atoms with Crippen molar-refractivity contribution in [3.63, 3.8) is 0 Å². The standard InChI is InChI=1S/C23H21NO.C16H16O2.C13H14N2O.C2H6O.ClH/c1-16-8-13-22-21(14-16)17(2)23(24-22)19-9-11-20(12-10-19)25-15-18-6-4-3-5-7-18;1-2-16(17)14-8-10-15(11-9-14)18-12-13-6-4-3-5-7-13;14-15-12-6-8-13(9-7-12)16-10-11-4-2-1-3-5-11;1-2-3;/h3-14,24H,15H2,1-2H3;3-11H,2,12H2,1H3;1-9,15H,10,14H2;3H,2H2,1H3;1H. The number of nitrogens with one attached hydrogen (secondary N) is 2. The number of aryl methyl sites for hydroxylation is 2. The zero-order chi connectivity index (χ0) is 43.9. The van der Waals surface area contributed by atoms with E-state index < -0.39 is 0 Å². The number of anilines is 1. The SMILES string of the molecule is CCC(=O)c1ccc(OCc2ccccc2)cc1.CCO.Cc1ccc2[nH]c(-c3ccc(OCc4ccccc4)cc3)c(C)c2c1.Cl.NNc1ccc(OCc2ccccc2)cc1. The van der Waals surface area contributed by atoms with E-state index in [4.69, 9.17) is 25.2 Å². The predicted octanol–water partition coefficient (Wildman–Crippen LogP) is 12.9. The number of aromatic amines is 1. The lowest BCUT2D eigenvalue weighted by Crippen LogP contribution is -2.06. The molecule has 0 fully saturated rings. The van der Waals surface area contributed by atoms with Crippen LogP contribution in [0.4, 0.5) is 5.69 Å². The van der Waals surface area contributed by atoms with Crippen LogP contribution in [0.15, 0.2) is 182 Å². The maximum absolute atomic E-state index is 11.5. The fourth-order valence-electron chi connectivity index (χ4n) is 6.26. The first-order valence-corrected chi connectivity index (χ1v) is 20.8. The molecule has 326 valence electrons. The molecule has 5 N–H and O–H groups in total. The molecule has 0 radical (unpaired) electrons. The molecule has 8 nitrogen and oxygen atoms in total. The van der Waals surface area contributed by atoms with E-state index in [1.165, 1.54) is 38.9 Å². The van der Waals surface area contributed by atoms with Gasteiger partial charge in [-0.05, 0) is 134 Å². The molecule has 0 saturated heterocycles. The Kier molecular flexibility index (Phi) is 20.5. The summed E-state index contributed by atoms with van der Waals surface area (Å²) < 4.78 is 17.1. The fourth-order valence-corrected chi connectivity index (χ4v) is 6.26. The van der Waals surface area contributed by atoms with E-state index in [-0.39, 0.29) is 24.8 Å². The Bertz CT molecular complexity index is 2500. The summed E-state index contributed by atoms with van der Waals surface area (Å²) in [7, 11) is 0. The van der Waals surface area contributed by atoms with E-state index in [9.17, 15) is 4.79 Å². The van der Waals surface area contributed by atoms with Crippen LogP contribution in [0.25, 0.3) is 22.2 Å². The van der Waals surface area contributed by atoms with Crippen LogP contribution in [0.3, 0.4) is 0 Å². The van der Waals surface area contributed by atoms with E-state index >= 15 is 0 Å². The van der Waals surface area contributed by atoms with Crippen molar-refractivity contribution in [2.75, 3.05) is 12.0 Å². The predicted molar refractivity (Wildman–Crippen MR) is 261 cm³/mol. The molecule has 8 aromatic rings. The van der Waals surface area contributed by atoms with Gasteiger partial charge in [0.15, 0.2) is 5.78 Å². The van der Waals surface area contributed by atoms with Gasteiger partial charge in [-0.2, -0.15) is 0 Å². The number of fused-ring (bicyclic) bond motifs is 1. The average molecular weight is 865 g/mol. The number of nitrogen functional groups attached to an aromatic ring is 1. The first-order valence-electron chi connectivity index (χ1n) is 20.8. The summed E-state index contributed by atoms with van der Waals surface area (Å²) in [4.78, 5) is 15.0. The maximum Gasteiger partial charge on any atom is 0.162 e. The van der Waals surface area contributed by atoms with E-state index in [1.807, 2.05) is 146 Å². The number of hydrazine groups is 1. The number of hydrogen-bond donors (Lipinski definition) is 4. The van der Waals surface area contributed by atoms with Crippen LogP contribution in [0.5, 0.6) is 17.2 Å². The molecule has 0 aliphatic rings. The molecule has 0 saturated carbocycles. The number of carbonyl (C=O) groups excluding carboxylic acids is 1. The number of hydrogen-bond acceptors (Lipinski definition) is 7. The third-order valence-electron chi connectivity index (χ3n) is 9.62. The van der Waals surface area contributed by atoms with Gasteiger partial charge < -0.3 is 29.7 Å². The Balaban J connectivity index is 0.000000205. The Morgan fingerprint density at radius 1 is 0.587 bits per heavy atom. The van der Waals surface area contributed by atoms with Crippen molar-refractivity contribution in [1.82, 2.24) is 4.98 Å². The quantitative estimate of drug-likeness (QED) is 0.0518. The second-order valence-corrected chi connectivity index (χ2v) is 14.3. The molecule has 0 atom stereocenters. The molecule has 0 aliphatic carbocycles. The van der Waals surface area contributed by atoms with Crippen molar-refractivity contribution in [3.05, 3.63) is 215 Å². The highest BCUT2D eigenvalue weighted by molar-refractivity contribution is 5.96. The van der Waals surface area contributed by atoms with Gasteiger partial charge in [-0.25, -0.2) is 0 Å². The Labute approximate surface area is 378 Å². The number of aliphatic hydroxyl groups excluding tert-OH is 1. The Morgan fingerprint density at radius 2 is 1.00 bits per heavy atom. The monoisotopic (exact) mass is 863 g/mol. The molecule has 7 aromatic carbocycles. The number of benzene rings is 7. The number of halogens is 1. The molecule has 0 unspecified atom stereocenters. The van der Waals surface area contributed by atoms with Crippen LogP contribution in [-0.2, 0) is 19.8 Å². The topological polar surface area (TPSA) is 119 Å². The van der Waals surface area contributed by atoms with Crippen molar-refractivity contribution in [3.8, 4) is 28.5 Å². The molecule has 0 spiro atoms. The summed E-state index contributed by atoms with van der Waals surface area (Å²) in [5.41, 5.74) is 13.8. The second kappa shape index (κ2) is 26.5. The van der Waals surface area contributed by atoms with Crippen molar-refractivity contribution in [2.45, 2.75) is 53.9 Å². The van der Waals surface area contributed by atoms with E-state index in [0.29, 0.717) is 26.2 Å². The normalized spacial score (nSPS) is 10.0. The van der Waals surface area contributed by atoms with Gasteiger partial charge in [-0.1, -0.05) is 110 Å². The number of ether oxygens (including phenoxy) is 3. The van der Waals surface area contributed by atoms with Gasteiger partial charge >= 0.3 is 0 Å². The lowest BCUT2D eigenvalue weighted by molar-refractivity contribution is 0.0988. The third kappa shape index (κ3) is 15.9. The second-order valence-electron chi connectivity index (χ2n) is 14.3. The molecule has 1 heterocycles. The van der Waals surface area contributed by atoms with E-state index in [0.717, 1.165) is 39.6 Å². The van der Waals surface area contributed by atoms with Crippen molar-refractivity contribution in [2.24, 2.45) is 5.84 Å². The molecule has 1 aromatic heterocycles. The summed E-state index contributed by atoms with van der Waals surface area (Å²) in [5, 5.41) is 8.86. The molecule has 0 amide bonds. The summed E-state index contributed by atoms with van der Waals surface area (Å²) in [5.74, 6) is 7.94. The number of aromatic nitrogens is 1. The number of nitrogens with two attached hydrogens (primary N) is 1. The van der Waals surface area contributed by atoms with Gasteiger partial charge in [-0.15, -0.1) is 12.4 Å². The van der Waals surface area contributed by atoms with Crippen LogP contribution in [0.2, 0.25) is 0 Å². The summed E-state index contributed by atoms with van der Waals surface area (Å²) in [6.45, 7) is 9.81. The highest BCUT2D eigenvalue weighted by Gasteiger charge is 2.10. The van der Waals surface area contributed by atoms with Crippen LogP contribution in [-0.4, -0.2) is 22.5 Å². The number of ketones is 1. The fraction of sp³-hybridized carbons (Fsp3) is 0.167. The largest absolute Gasteiger partial charge is 0.489 e. The molecule has 8 rings (SSSR count). The average Bonchev–Trinajstić information content (AvgIpc) is 3.66. The van der Waals surface area contributed by atoms with Crippen LogP contribution < -0.4 is 25.5 Å². The zero-order valence-electron chi connectivity index (χ0n) is 36.4. The molecule has 0 aliphatic heterocycles. The number of aliphatic hydroxyl groups is 1. The van der Waals surface area contributed by atoms with Gasteiger partial charge in [0.2, 0.25) is 0 Å². The van der Waals surface area contributed by atoms with Gasteiger partial charge in [0.05, 0.1) is 0 Å². The smallest absolute Gasteiger partial charge is 0.162 e. The lowest BCUT2D eigenvalue weighted by atomic mass is 10.1. The van der Waals surface area contributed by atoms with Gasteiger partial charge in [0.1, 0.15) is 37.1 Å². The Hall–Kier alpha value is -6.84. The summed E-state index contributed by atoms with van der Waals surface area (Å²) in [6.07, 6.45) is 0.532. The molecular weight excluding hydrogens is 806 g/mol. The van der Waals surface area contributed by atoms with Crippen LogP contribution >= 0.6 is 12.4 Å². The third-order valence-corrected chi connectivity index (χ3v) is 9.62. The number of H-pyrrole nitrogens is 1. The van der Waals surface area contributed by atoms with Crippen LogP contribution in [0, 0.1) is 13.8 Å². The van der Waals surface area contributed by atoms with E-state index in [2.05, 4.69) is 66.7 Å². The molecule has 0 bridgehead atoms.